The average Bonchev–Trinajstić information content (AvgIpc) is 2.30. The molecule has 1 N–H and O–H groups in total. The number of hydrogen-bond acceptors (Lipinski definition) is 3. The molecule has 0 aliphatic rings. The van der Waals surface area contributed by atoms with Gasteiger partial charge in [0.05, 0.1) is 18.1 Å². The molecule has 0 aliphatic carbocycles. The number of nitriles is 1. The third kappa shape index (κ3) is 3.68. The highest BCUT2D eigenvalue weighted by Gasteiger charge is 2.18. The number of benzene rings is 1. The Labute approximate surface area is 98.3 Å². The zero-order valence-electron chi connectivity index (χ0n) is 9.31. The third-order valence-electron chi connectivity index (χ3n) is 2.43. The molecule has 0 heterocycles. The van der Waals surface area contributed by atoms with Gasteiger partial charge in [-0.2, -0.15) is 14.0 Å². The molecule has 0 saturated carbocycles. The van der Waals surface area contributed by atoms with E-state index in [0.717, 1.165) is 0 Å². The van der Waals surface area contributed by atoms with Crippen molar-refractivity contribution in [3.8, 4) is 11.8 Å². The summed E-state index contributed by atoms with van der Waals surface area (Å²) >= 11 is 0. The number of aliphatic hydroxyl groups is 1. The van der Waals surface area contributed by atoms with Crippen molar-refractivity contribution in [1.29, 1.82) is 5.26 Å². The lowest BCUT2D eigenvalue weighted by Crippen LogP contribution is -2.10. The highest BCUT2D eigenvalue weighted by Crippen LogP contribution is 2.26. The fraction of sp³-hybridized carbons (Fsp3) is 0.417. The van der Waals surface area contributed by atoms with Gasteiger partial charge in [-0.3, -0.25) is 0 Å². The molecule has 0 aliphatic heterocycles. The van der Waals surface area contributed by atoms with Crippen LogP contribution in [0.1, 0.15) is 25.0 Å². The molecule has 0 fully saturated rings. The van der Waals surface area contributed by atoms with E-state index in [-0.39, 0.29) is 5.75 Å². The molecule has 2 unspecified atom stereocenters. The van der Waals surface area contributed by atoms with Gasteiger partial charge in [0.1, 0.15) is 5.75 Å². The maximum Gasteiger partial charge on any atom is 0.387 e. The van der Waals surface area contributed by atoms with Crippen LogP contribution in [0.5, 0.6) is 5.75 Å². The molecule has 17 heavy (non-hydrogen) atoms. The van der Waals surface area contributed by atoms with Gasteiger partial charge < -0.3 is 9.84 Å². The van der Waals surface area contributed by atoms with Crippen LogP contribution >= 0.6 is 0 Å². The predicted molar refractivity (Wildman–Crippen MR) is 57.4 cm³/mol. The zero-order valence-corrected chi connectivity index (χ0v) is 9.31. The van der Waals surface area contributed by atoms with Crippen molar-refractivity contribution in [1.82, 2.24) is 0 Å². The highest BCUT2D eigenvalue weighted by molar-refractivity contribution is 5.29. The van der Waals surface area contributed by atoms with Crippen LogP contribution in [0.15, 0.2) is 24.3 Å². The summed E-state index contributed by atoms with van der Waals surface area (Å²) in [6.45, 7) is -1.07. The standard InChI is InChI=1S/C12H13F2NO2/c1-2-8(7-15)11(16)9-3-5-10(6-4-9)17-12(13)14/h3-6,8,11-12,16H,2H2,1H3. The van der Waals surface area contributed by atoms with Crippen LogP contribution in [0.3, 0.4) is 0 Å². The lowest BCUT2D eigenvalue weighted by molar-refractivity contribution is -0.0498. The Kier molecular flexibility index (Phi) is 4.85. The SMILES string of the molecule is CCC(C#N)C(O)c1ccc(OC(F)F)cc1. The Morgan fingerprint density at radius 2 is 1.94 bits per heavy atom. The molecule has 0 amide bonds. The fourth-order valence-electron chi connectivity index (χ4n) is 1.46. The van der Waals surface area contributed by atoms with Crippen LogP contribution in [0.25, 0.3) is 0 Å². The Morgan fingerprint density at radius 1 is 1.35 bits per heavy atom. The number of ether oxygens (including phenoxy) is 1. The van der Waals surface area contributed by atoms with Crippen LogP contribution in [0.4, 0.5) is 8.78 Å². The van der Waals surface area contributed by atoms with Crippen molar-refractivity contribution in [2.24, 2.45) is 5.92 Å². The van der Waals surface area contributed by atoms with E-state index in [2.05, 4.69) is 4.74 Å². The molecule has 92 valence electrons. The van der Waals surface area contributed by atoms with E-state index >= 15 is 0 Å². The van der Waals surface area contributed by atoms with Crippen LogP contribution in [-0.4, -0.2) is 11.7 Å². The molecular weight excluding hydrogens is 228 g/mol. The van der Waals surface area contributed by atoms with Gasteiger partial charge in [-0.15, -0.1) is 0 Å². The maximum atomic E-state index is 11.9. The van der Waals surface area contributed by atoms with Crippen molar-refractivity contribution in [3.63, 3.8) is 0 Å². The van der Waals surface area contributed by atoms with Crippen molar-refractivity contribution in [3.05, 3.63) is 29.8 Å². The minimum atomic E-state index is -2.87. The van der Waals surface area contributed by atoms with Crippen LogP contribution in [-0.2, 0) is 0 Å². The first-order valence-corrected chi connectivity index (χ1v) is 5.21. The van der Waals surface area contributed by atoms with E-state index in [9.17, 15) is 13.9 Å². The van der Waals surface area contributed by atoms with Gasteiger partial charge in [0.2, 0.25) is 0 Å². The molecule has 0 spiro atoms. The molecule has 2 atom stereocenters. The zero-order chi connectivity index (χ0) is 12.8. The average molecular weight is 241 g/mol. The van der Waals surface area contributed by atoms with E-state index in [4.69, 9.17) is 5.26 Å². The summed E-state index contributed by atoms with van der Waals surface area (Å²) in [5, 5.41) is 18.6. The quantitative estimate of drug-likeness (QED) is 0.862. The second-order valence-electron chi connectivity index (χ2n) is 3.54. The third-order valence-corrected chi connectivity index (χ3v) is 2.43. The monoisotopic (exact) mass is 241 g/mol. The summed E-state index contributed by atoms with van der Waals surface area (Å²) in [5.41, 5.74) is 0.514. The first kappa shape index (κ1) is 13.4. The normalized spacial score (nSPS) is 14.1. The molecule has 0 bridgehead atoms. The first-order chi connectivity index (χ1) is 8.08. The van der Waals surface area contributed by atoms with Crippen molar-refractivity contribution < 1.29 is 18.6 Å². The molecule has 1 rings (SSSR count). The maximum absolute atomic E-state index is 11.9. The molecule has 3 nitrogen and oxygen atoms in total. The second kappa shape index (κ2) is 6.16. The molecule has 0 saturated heterocycles. The van der Waals surface area contributed by atoms with Gasteiger partial charge in [0.25, 0.3) is 0 Å². The molecule has 5 heteroatoms. The Balaban J connectivity index is 2.77. The molecule has 1 aromatic carbocycles. The fourth-order valence-corrected chi connectivity index (χ4v) is 1.46. The van der Waals surface area contributed by atoms with Gasteiger partial charge in [-0.1, -0.05) is 19.1 Å². The van der Waals surface area contributed by atoms with Gasteiger partial charge in [-0.25, -0.2) is 0 Å². The smallest absolute Gasteiger partial charge is 0.387 e. The van der Waals surface area contributed by atoms with E-state index in [1.807, 2.05) is 6.07 Å². The van der Waals surface area contributed by atoms with Gasteiger partial charge in [0.15, 0.2) is 0 Å². The Morgan fingerprint density at radius 3 is 2.35 bits per heavy atom. The number of rotatable bonds is 5. The molecule has 0 radical (unpaired) electrons. The lowest BCUT2D eigenvalue weighted by Gasteiger charge is -2.15. The van der Waals surface area contributed by atoms with Gasteiger partial charge in [-0.05, 0) is 24.1 Å². The summed E-state index contributed by atoms with van der Waals surface area (Å²) in [5.74, 6) is -0.474. The lowest BCUT2D eigenvalue weighted by atomic mass is 9.95. The summed E-state index contributed by atoms with van der Waals surface area (Å²) in [7, 11) is 0. The van der Waals surface area contributed by atoms with Crippen LogP contribution < -0.4 is 4.74 Å². The molecular formula is C12H13F2NO2. The summed E-state index contributed by atoms with van der Waals surface area (Å²) < 4.78 is 28.0. The van der Waals surface area contributed by atoms with E-state index in [1.54, 1.807) is 6.92 Å². The van der Waals surface area contributed by atoms with Crippen molar-refractivity contribution in [2.75, 3.05) is 0 Å². The number of halogens is 2. The van der Waals surface area contributed by atoms with E-state index in [1.165, 1.54) is 24.3 Å². The van der Waals surface area contributed by atoms with E-state index < -0.39 is 18.6 Å². The van der Waals surface area contributed by atoms with Gasteiger partial charge in [0, 0.05) is 0 Å². The summed E-state index contributed by atoms with van der Waals surface area (Å²) in [6, 6.07) is 7.63. The van der Waals surface area contributed by atoms with Crippen LogP contribution in [0, 0.1) is 17.2 Å². The van der Waals surface area contributed by atoms with Crippen LogP contribution in [0.2, 0.25) is 0 Å². The highest BCUT2D eigenvalue weighted by atomic mass is 19.3. The number of aliphatic hydroxyl groups excluding tert-OH is 1. The van der Waals surface area contributed by atoms with E-state index in [0.29, 0.717) is 12.0 Å². The Hall–Kier alpha value is -1.67. The Bertz CT molecular complexity index is 386. The minimum Gasteiger partial charge on any atom is -0.435 e. The summed E-state index contributed by atoms with van der Waals surface area (Å²) in [6.07, 6.45) is -0.391. The molecule has 0 aromatic heterocycles. The van der Waals surface area contributed by atoms with Crippen molar-refractivity contribution in [2.45, 2.75) is 26.1 Å². The number of alkyl halides is 2. The number of nitrogens with zero attached hydrogens (tertiary/aromatic N) is 1. The number of hydrogen-bond donors (Lipinski definition) is 1. The predicted octanol–water partition coefficient (Wildman–Crippen LogP) is 2.87. The topological polar surface area (TPSA) is 53.2 Å². The second-order valence-corrected chi connectivity index (χ2v) is 3.54. The summed E-state index contributed by atoms with van der Waals surface area (Å²) in [4.78, 5) is 0. The largest absolute Gasteiger partial charge is 0.435 e. The van der Waals surface area contributed by atoms with Gasteiger partial charge >= 0.3 is 6.61 Å². The van der Waals surface area contributed by atoms with Crippen molar-refractivity contribution >= 4 is 0 Å². The minimum absolute atomic E-state index is 0.0287. The molecule has 1 aromatic rings. The first-order valence-electron chi connectivity index (χ1n) is 5.21.